The lowest BCUT2D eigenvalue weighted by Gasteiger charge is -2.24. The molecule has 1 saturated carbocycles. The van der Waals surface area contributed by atoms with Gasteiger partial charge in [0.05, 0.1) is 6.54 Å². The molecule has 1 aromatic heterocycles. The van der Waals surface area contributed by atoms with Gasteiger partial charge in [0, 0.05) is 12.1 Å². The van der Waals surface area contributed by atoms with Crippen LogP contribution in [0.15, 0.2) is 28.7 Å². The molecule has 1 aliphatic carbocycles. The third-order valence-electron chi connectivity index (χ3n) is 3.34. The van der Waals surface area contributed by atoms with Crippen LogP contribution >= 0.6 is 0 Å². The van der Waals surface area contributed by atoms with Gasteiger partial charge in [0.15, 0.2) is 5.58 Å². The van der Waals surface area contributed by atoms with E-state index in [1.807, 2.05) is 24.3 Å². The van der Waals surface area contributed by atoms with Crippen molar-refractivity contribution in [2.24, 2.45) is 0 Å². The maximum atomic E-state index is 5.77. The molecule has 3 rings (SSSR count). The second kappa shape index (κ2) is 4.15. The summed E-state index contributed by atoms with van der Waals surface area (Å²) in [6, 6.07) is 9.25. The Hall–Kier alpha value is -1.35. The van der Waals surface area contributed by atoms with Gasteiger partial charge in [0.25, 0.3) is 0 Å². The minimum atomic E-state index is 0.553. The minimum absolute atomic E-state index is 0.553. The summed E-state index contributed by atoms with van der Waals surface area (Å²) < 4.78 is 5.77. The third-order valence-corrected chi connectivity index (χ3v) is 3.34. The van der Waals surface area contributed by atoms with Crippen molar-refractivity contribution in [3.8, 4) is 0 Å². The molecular formula is C14H18N2O. The van der Waals surface area contributed by atoms with E-state index in [1.54, 1.807) is 0 Å². The highest BCUT2D eigenvalue weighted by atomic mass is 16.3. The predicted octanol–water partition coefficient (Wildman–Crippen LogP) is 3.20. The quantitative estimate of drug-likeness (QED) is 0.807. The zero-order chi connectivity index (χ0) is 11.8. The number of hydrogen-bond acceptors (Lipinski definition) is 3. The molecule has 1 aromatic carbocycles. The lowest BCUT2D eigenvalue weighted by Crippen LogP contribution is -2.32. The summed E-state index contributed by atoms with van der Waals surface area (Å²) in [5.41, 5.74) is 1.85. The average molecular weight is 230 g/mol. The zero-order valence-corrected chi connectivity index (χ0v) is 10.4. The molecule has 90 valence electrons. The molecule has 0 N–H and O–H groups in total. The molecule has 1 aliphatic rings. The lowest BCUT2D eigenvalue weighted by atomic mass is 10.3. The van der Waals surface area contributed by atoms with E-state index in [2.05, 4.69) is 23.7 Å². The molecule has 2 aromatic rings. The normalized spacial score (nSPS) is 16.2. The largest absolute Gasteiger partial charge is 0.439 e. The second-order valence-corrected chi connectivity index (χ2v) is 5.07. The molecule has 1 heterocycles. The Balaban J connectivity index is 1.83. The van der Waals surface area contributed by atoms with Crippen LogP contribution in [-0.2, 0) is 6.54 Å². The molecule has 17 heavy (non-hydrogen) atoms. The van der Waals surface area contributed by atoms with Gasteiger partial charge in [0.1, 0.15) is 5.52 Å². The molecule has 3 nitrogen and oxygen atoms in total. The van der Waals surface area contributed by atoms with Crippen molar-refractivity contribution in [1.82, 2.24) is 9.88 Å². The van der Waals surface area contributed by atoms with Crippen LogP contribution in [0, 0.1) is 0 Å². The van der Waals surface area contributed by atoms with Crippen LogP contribution in [0.4, 0.5) is 0 Å². The molecule has 0 aliphatic heterocycles. The van der Waals surface area contributed by atoms with Gasteiger partial charge in [0.2, 0.25) is 5.89 Å². The molecule has 0 spiro atoms. The van der Waals surface area contributed by atoms with E-state index in [4.69, 9.17) is 4.42 Å². The highest BCUT2D eigenvalue weighted by molar-refractivity contribution is 5.72. The van der Waals surface area contributed by atoms with Crippen LogP contribution in [0.2, 0.25) is 0 Å². The highest BCUT2D eigenvalue weighted by Gasteiger charge is 2.31. The standard InChI is InChI=1S/C14H18N2O/c1-10(2)16(11-7-8-11)9-14-15-12-5-3-4-6-13(12)17-14/h3-6,10-11H,7-9H2,1-2H3. The van der Waals surface area contributed by atoms with Crippen molar-refractivity contribution in [3.05, 3.63) is 30.2 Å². The van der Waals surface area contributed by atoms with Crippen LogP contribution in [0.3, 0.4) is 0 Å². The van der Waals surface area contributed by atoms with Crippen LogP contribution in [-0.4, -0.2) is 22.0 Å². The minimum Gasteiger partial charge on any atom is -0.439 e. The summed E-state index contributed by atoms with van der Waals surface area (Å²) in [7, 11) is 0. The van der Waals surface area contributed by atoms with Crippen molar-refractivity contribution in [1.29, 1.82) is 0 Å². The number of aromatic nitrogens is 1. The monoisotopic (exact) mass is 230 g/mol. The van der Waals surface area contributed by atoms with E-state index in [1.165, 1.54) is 12.8 Å². The van der Waals surface area contributed by atoms with Gasteiger partial charge in [-0.3, -0.25) is 4.90 Å². The number of hydrogen-bond donors (Lipinski definition) is 0. The van der Waals surface area contributed by atoms with Crippen molar-refractivity contribution >= 4 is 11.1 Å². The fourth-order valence-electron chi connectivity index (χ4n) is 2.28. The van der Waals surface area contributed by atoms with E-state index < -0.39 is 0 Å². The SMILES string of the molecule is CC(C)N(Cc1nc2ccccc2o1)C1CC1. The summed E-state index contributed by atoms with van der Waals surface area (Å²) in [4.78, 5) is 7.01. The lowest BCUT2D eigenvalue weighted by molar-refractivity contribution is 0.184. The number of para-hydroxylation sites is 2. The Morgan fingerprint density at radius 1 is 1.35 bits per heavy atom. The van der Waals surface area contributed by atoms with Gasteiger partial charge >= 0.3 is 0 Å². The Morgan fingerprint density at radius 2 is 2.12 bits per heavy atom. The molecule has 0 atom stereocenters. The van der Waals surface area contributed by atoms with Gasteiger partial charge in [-0.05, 0) is 38.8 Å². The number of fused-ring (bicyclic) bond motifs is 1. The topological polar surface area (TPSA) is 29.3 Å². The smallest absolute Gasteiger partial charge is 0.209 e. The summed E-state index contributed by atoms with van der Waals surface area (Å²) in [6.45, 7) is 5.30. The highest BCUT2D eigenvalue weighted by Crippen LogP contribution is 2.30. The Bertz CT molecular complexity index is 479. The van der Waals surface area contributed by atoms with Crippen LogP contribution in [0.1, 0.15) is 32.6 Å². The Kier molecular flexibility index (Phi) is 2.63. The van der Waals surface area contributed by atoms with E-state index in [0.29, 0.717) is 6.04 Å². The maximum absolute atomic E-state index is 5.77. The van der Waals surface area contributed by atoms with Crippen molar-refractivity contribution in [2.45, 2.75) is 45.3 Å². The van der Waals surface area contributed by atoms with Crippen molar-refractivity contribution in [2.75, 3.05) is 0 Å². The number of benzene rings is 1. The molecule has 0 bridgehead atoms. The van der Waals surface area contributed by atoms with Gasteiger partial charge < -0.3 is 4.42 Å². The van der Waals surface area contributed by atoms with Gasteiger partial charge in [-0.25, -0.2) is 4.98 Å². The molecule has 0 amide bonds. The van der Waals surface area contributed by atoms with Crippen LogP contribution in [0.25, 0.3) is 11.1 Å². The molecule has 0 unspecified atom stereocenters. The molecule has 0 saturated heterocycles. The Labute approximate surface area is 101 Å². The van der Waals surface area contributed by atoms with E-state index in [0.717, 1.165) is 29.6 Å². The zero-order valence-electron chi connectivity index (χ0n) is 10.4. The molecule has 1 fully saturated rings. The molecular weight excluding hydrogens is 212 g/mol. The first kappa shape index (κ1) is 10.8. The van der Waals surface area contributed by atoms with E-state index >= 15 is 0 Å². The van der Waals surface area contributed by atoms with Crippen molar-refractivity contribution in [3.63, 3.8) is 0 Å². The fourth-order valence-corrected chi connectivity index (χ4v) is 2.28. The predicted molar refractivity (Wildman–Crippen MR) is 67.7 cm³/mol. The number of nitrogens with zero attached hydrogens (tertiary/aromatic N) is 2. The molecule has 3 heteroatoms. The first-order chi connectivity index (χ1) is 8.24. The summed E-state index contributed by atoms with van der Waals surface area (Å²) in [6.07, 6.45) is 2.64. The van der Waals surface area contributed by atoms with Crippen molar-refractivity contribution < 1.29 is 4.42 Å². The maximum Gasteiger partial charge on any atom is 0.209 e. The first-order valence-corrected chi connectivity index (χ1v) is 6.34. The number of oxazole rings is 1. The van der Waals surface area contributed by atoms with Crippen LogP contribution < -0.4 is 0 Å². The van der Waals surface area contributed by atoms with E-state index in [9.17, 15) is 0 Å². The second-order valence-electron chi connectivity index (χ2n) is 5.07. The average Bonchev–Trinajstić information content (AvgIpc) is 3.05. The van der Waals surface area contributed by atoms with Gasteiger partial charge in [-0.2, -0.15) is 0 Å². The van der Waals surface area contributed by atoms with Crippen LogP contribution in [0.5, 0.6) is 0 Å². The first-order valence-electron chi connectivity index (χ1n) is 6.34. The van der Waals surface area contributed by atoms with E-state index in [-0.39, 0.29) is 0 Å². The number of rotatable bonds is 4. The van der Waals surface area contributed by atoms with Gasteiger partial charge in [-0.15, -0.1) is 0 Å². The third kappa shape index (κ3) is 2.20. The summed E-state index contributed by atoms with van der Waals surface area (Å²) in [5, 5.41) is 0. The van der Waals surface area contributed by atoms with Gasteiger partial charge in [-0.1, -0.05) is 12.1 Å². The Morgan fingerprint density at radius 3 is 2.76 bits per heavy atom. The molecule has 0 radical (unpaired) electrons. The fraction of sp³-hybridized carbons (Fsp3) is 0.500. The summed E-state index contributed by atoms with van der Waals surface area (Å²) >= 11 is 0. The summed E-state index contributed by atoms with van der Waals surface area (Å²) in [5.74, 6) is 0.840.